The van der Waals surface area contributed by atoms with Gasteiger partial charge < -0.3 is 10.0 Å². The second-order valence-corrected chi connectivity index (χ2v) is 5.04. The Morgan fingerprint density at radius 3 is 2.85 bits per heavy atom. The van der Waals surface area contributed by atoms with Gasteiger partial charge in [0.15, 0.2) is 0 Å². The van der Waals surface area contributed by atoms with E-state index in [1.54, 1.807) is 17.0 Å². The molecule has 1 amide bonds. The first kappa shape index (κ1) is 14.5. The number of benzene rings is 1. The number of hydrogen-bond acceptors (Lipinski definition) is 4. The Kier molecular flexibility index (Phi) is 4.34. The number of rotatable bonds is 4. The van der Waals surface area contributed by atoms with E-state index in [-0.39, 0.29) is 24.1 Å². The topological polar surface area (TPSA) is 83.7 Å². The Hall–Kier alpha value is -1.95. The Morgan fingerprint density at radius 2 is 2.30 bits per heavy atom. The number of nitro benzene ring substituents is 1. The van der Waals surface area contributed by atoms with E-state index in [1.165, 1.54) is 6.07 Å². The van der Waals surface area contributed by atoms with Crippen molar-refractivity contribution in [3.8, 4) is 0 Å². The maximum atomic E-state index is 12.3. The van der Waals surface area contributed by atoms with Crippen LogP contribution in [-0.4, -0.2) is 40.5 Å². The average molecular weight is 278 g/mol. The molecule has 0 aliphatic carbocycles. The molecule has 108 valence electrons. The van der Waals surface area contributed by atoms with Gasteiger partial charge in [0.1, 0.15) is 0 Å². The van der Waals surface area contributed by atoms with Crippen LogP contribution < -0.4 is 0 Å². The third-order valence-corrected chi connectivity index (χ3v) is 3.74. The fourth-order valence-electron chi connectivity index (χ4n) is 2.51. The van der Waals surface area contributed by atoms with Crippen LogP contribution in [0.2, 0.25) is 0 Å². The van der Waals surface area contributed by atoms with E-state index in [0.29, 0.717) is 30.6 Å². The van der Waals surface area contributed by atoms with Crippen LogP contribution in [0, 0.1) is 16.0 Å². The van der Waals surface area contributed by atoms with Crippen molar-refractivity contribution in [1.82, 2.24) is 4.90 Å². The Labute approximate surface area is 117 Å². The highest BCUT2D eigenvalue weighted by Gasteiger charge is 2.27. The van der Waals surface area contributed by atoms with Crippen LogP contribution in [0.3, 0.4) is 0 Å². The maximum absolute atomic E-state index is 12.3. The number of aliphatic hydroxyl groups is 1. The van der Waals surface area contributed by atoms with Gasteiger partial charge in [-0.2, -0.15) is 0 Å². The maximum Gasteiger partial charge on any atom is 0.273 e. The summed E-state index contributed by atoms with van der Waals surface area (Å²) in [6.45, 7) is 3.01. The SMILES string of the molecule is CCc1ccc(C(=O)N2CCC(CO)C2)cc1[N+](=O)[O-]. The molecule has 1 fully saturated rings. The van der Waals surface area contributed by atoms with Gasteiger partial charge in [-0.15, -0.1) is 0 Å². The van der Waals surface area contributed by atoms with Crippen molar-refractivity contribution in [2.24, 2.45) is 5.92 Å². The molecule has 1 N–H and O–H groups in total. The number of carbonyl (C=O) groups excluding carboxylic acids is 1. The molecule has 20 heavy (non-hydrogen) atoms. The summed E-state index contributed by atoms with van der Waals surface area (Å²) in [5.74, 6) is -0.0875. The van der Waals surface area contributed by atoms with Crippen molar-refractivity contribution in [2.45, 2.75) is 19.8 Å². The van der Waals surface area contributed by atoms with Gasteiger partial charge in [0.25, 0.3) is 11.6 Å². The van der Waals surface area contributed by atoms with Crippen LogP contribution in [-0.2, 0) is 6.42 Å². The van der Waals surface area contributed by atoms with E-state index in [4.69, 9.17) is 5.11 Å². The fourth-order valence-corrected chi connectivity index (χ4v) is 2.51. The molecule has 1 aromatic carbocycles. The number of amides is 1. The quantitative estimate of drug-likeness (QED) is 0.670. The van der Waals surface area contributed by atoms with Gasteiger partial charge in [-0.1, -0.05) is 13.0 Å². The Balaban J connectivity index is 2.23. The second kappa shape index (κ2) is 6.00. The summed E-state index contributed by atoms with van der Waals surface area (Å²) in [5, 5.41) is 20.1. The van der Waals surface area contributed by atoms with E-state index in [2.05, 4.69) is 0 Å². The molecule has 1 aliphatic heterocycles. The summed E-state index contributed by atoms with van der Waals surface area (Å²) >= 11 is 0. The zero-order valence-electron chi connectivity index (χ0n) is 11.4. The highest BCUT2D eigenvalue weighted by molar-refractivity contribution is 5.95. The molecule has 1 aromatic rings. The third-order valence-electron chi connectivity index (χ3n) is 3.74. The van der Waals surface area contributed by atoms with Crippen LogP contribution in [0.25, 0.3) is 0 Å². The second-order valence-electron chi connectivity index (χ2n) is 5.04. The van der Waals surface area contributed by atoms with Crippen LogP contribution in [0.4, 0.5) is 5.69 Å². The lowest BCUT2D eigenvalue weighted by Crippen LogP contribution is -2.29. The standard InChI is InChI=1S/C14H18N2O4/c1-2-11-3-4-12(7-13(11)16(19)20)14(18)15-6-5-10(8-15)9-17/h3-4,7,10,17H,2,5-6,8-9H2,1H3. The smallest absolute Gasteiger partial charge is 0.273 e. The number of likely N-dealkylation sites (tertiary alicyclic amines) is 1. The summed E-state index contributed by atoms with van der Waals surface area (Å²) in [6.07, 6.45) is 1.33. The predicted molar refractivity (Wildman–Crippen MR) is 73.6 cm³/mol. The van der Waals surface area contributed by atoms with E-state index < -0.39 is 4.92 Å². The monoisotopic (exact) mass is 278 g/mol. The lowest BCUT2D eigenvalue weighted by Gasteiger charge is -2.16. The molecule has 0 radical (unpaired) electrons. The van der Waals surface area contributed by atoms with Crippen molar-refractivity contribution in [3.63, 3.8) is 0 Å². The average Bonchev–Trinajstić information content (AvgIpc) is 2.94. The Morgan fingerprint density at radius 1 is 1.55 bits per heavy atom. The summed E-state index contributed by atoms with van der Waals surface area (Å²) in [7, 11) is 0. The molecule has 0 aromatic heterocycles. The van der Waals surface area contributed by atoms with Gasteiger partial charge in [-0.25, -0.2) is 0 Å². The lowest BCUT2D eigenvalue weighted by atomic mass is 10.1. The van der Waals surface area contributed by atoms with E-state index >= 15 is 0 Å². The minimum Gasteiger partial charge on any atom is -0.396 e. The summed E-state index contributed by atoms with van der Waals surface area (Å²) < 4.78 is 0. The molecule has 0 bridgehead atoms. The zero-order valence-corrected chi connectivity index (χ0v) is 11.4. The first-order chi connectivity index (χ1) is 9.56. The van der Waals surface area contributed by atoms with Gasteiger partial charge in [0.2, 0.25) is 0 Å². The molecule has 0 spiro atoms. The molecule has 6 heteroatoms. The number of hydrogen-bond donors (Lipinski definition) is 1. The minimum atomic E-state index is -0.448. The van der Waals surface area contributed by atoms with Crippen LogP contribution in [0.15, 0.2) is 18.2 Å². The number of nitrogens with zero attached hydrogens (tertiary/aromatic N) is 2. The largest absolute Gasteiger partial charge is 0.396 e. The molecule has 0 saturated carbocycles. The van der Waals surface area contributed by atoms with E-state index in [0.717, 1.165) is 6.42 Å². The van der Waals surface area contributed by atoms with Gasteiger partial charge in [-0.05, 0) is 18.9 Å². The van der Waals surface area contributed by atoms with Gasteiger partial charge >= 0.3 is 0 Å². The van der Waals surface area contributed by atoms with Crippen LogP contribution in [0.1, 0.15) is 29.3 Å². The molecule has 1 unspecified atom stereocenters. The Bertz CT molecular complexity index is 530. The first-order valence-corrected chi connectivity index (χ1v) is 6.74. The zero-order chi connectivity index (χ0) is 14.7. The molecule has 6 nitrogen and oxygen atoms in total. The van der Waals surface area contributed by atoms with Gasteiger partial charge in [0.05, 0.1) is 4.92 Å². The number of nitro groups is 1. The third kappa shape index (κ3) is 2.80. The molecule has 1 heterocycles. The molecule has 1 atom stereocenters. The van der Waals surface area contributed by atoms with E-state index in [1.807, 2.05) is 6.92 Å². The molecular formula is C14H18N2O4. The fraction of sp³-hybridized carbons (Fsp3) is 0.500. The number of carbonyl (C=O) groups is 1. The first-order valence-electron chi connectivity index (χ1n) is 6.74. The van der Waals surface area contributed by atoms with Gasteiger partial charge in [-0.3, -0.25) is 14.9 Å². The summed E-state index contributed by atoms with van der Waals surface area (Å²) in [4.78, 5) is 24.5. The van der Waals surface area contributed by atoms with E-state index in [9.17, 15) is 14.9 Å². The molecule has 1 aliphatic rings. The van der Waals surface area contributed by atoms with Crippen molar-refractivity contribution >= 4 is 11.6 Å². The minimum absolute atomic E-state index is 0.00347. The van der Waals surface area contributed by atoms with Crippen molar-refractivity contribution in [2.75, 3.05) is 19.7 Å². The highest BCUT2D eigenvalue weighted by Crippen LogP contribution is 2.24. The van der Waals surface area contributed by atoms with Crippen molar-refractivity contribution < 1.29 is 14.8 Å². The van der Waals surface area contributed by atoms with Crippen LogP contribution >= 0.6 is 0 Å². The highest BCUT2D eigenvalue weighted by atomic mass is 16.6. The molecule has 2 rings (SSSR count). The number of aliphatic hydroxyl groups excluding tert-OH is 1. The van der Waals surface area contributed by atoms with Crippen molar-refractivity contribution in [3.05, 3.63) is 39.4 Å². The summed E-state index contributed by atoms with van der Waals surface area (Å²) in [5.41, 5.74) is 0.963. The predicted octanol–water partition coefficient (Wildman–Crippen LogP) is 1.61. The van der Waals surface area contributed by atoms with Crippen molar-refractivity contribution in [1.29, 1.82) is 0 Å². The number of aryl methyl sites for hydroxylation is 1. The molecular weight excluding hydrogens is 260 g/mol. The normalized spacial score (nSPS) is 18.3. The van der Waals surface area contributed by atoms with Gasteiger partial charge in [0, 0.05) is 42.8 Å². The van der Waals surface area contributed by atoms with Crippen LogP contribution in [0.5, 0.6) is 0 Å². The lowest BCUT2D eigenvalue weighted by molar-refractivity contribution is -0.385. The molecule has 1 saturated heterocycles. The summed E-state index contributed by atoms with van der Waals surface area (Å²) in [6, 6.07) is 4.64.